The molecule has 0 radical (unpaired) electrons. The van der Waals surface area contributed by atoms with Crippen molar-refractivity contribution in [3.05, 3.63) is 86.4 Å². The lowest BCUT2D eigenvalue weighted by atomic mass is 9.95. The number of ether oxygens (including phenoxy) is 1. The van der Waals surface area contributed by atoms with Crippen molar-refractivity contribution in [1.29, 1.82) is 0 Å². The first-order valence-corrected chi connectivity index (χ1v) is 12.6. The number of nitrogens with one attached hydrogen (secondary N) is 1. The quantitative estimate of drug-likeness (QED) is 0.349. The van der Waals surface area contributed by atoms with Crippen molar-refractivity contribution in [2.45, 2.75) is 57.9 Å². The number of hydrogen-bond acceptors (Lipinski definition) is 3. The normalized spacial score (nSPS) is 15.4. The second-order valence-corrected chi connectivity index (χ2v) is 9.90. The molecule has 1 fully saturated rings. The van der Waals surface area contributed by atoms with E-state index in [1.54, 1.807) is 46.7 Å². The number of rotatable bonds is 5. The zero-order chi connectivity index (χ0) is 24.7. The maximum absolute atomic E-state index is 13.6. The number of nitrogens with zero attached hydrogens (tertiary/aromatic N) is 2. The first-order chi connectivity index (χ1) is 16.9. The van der Waals surface area contributed by atoms with Gasteiger partial charge < -0.3 is 4.74 Å². The molecule has 1 saturated carbocycles. The first kappa shape index (κ1) is 23.5. The van der Waals surface area contributed by atoms with Gasteiger partial charge in [-0.05, 0) is 67.8 Å². The first-order valence-electron chi connectivity index (χ1n) is 12.2. The van der Waals surface area contributed by atoms with Crippen molar-refractivity contribution in [3.8, 4) is 5.75 Å². The third-order valence-electron chi connectivity index (χ3n) is 7.36. The Balaban J connectivity index is 1.63. The lowest BCUT2D eigenvalue weighted by Gasteiger charge is -2.22. The van der Waals surface area contributed by atoms with Gasteiger partial charge in [0.05, 0.1) is 18.7 Å². The van der Waals surface area contributed by atoms with Crippen LogP contribution in [0.25, 0.3) is 10.9 Å². The molecule has 4 aromatic rings. The van der Waals surface area contributed by atoms with E-state index in [0.717, 1.165) is 59.3 Å². The van der Waals surface area contributed by atoms with Gasteiger partial charge in [0.15, 0.2) is 0 Å². The minimum atomic E-state index is -0.124. The summed E-state index contributed by atoms with van der Waals surface area (Å²) in [6, 6.07) is 14.6. The molecular weight excluding hydrogens is 462 g/mol. The molecule has 0 saturated heterocycles. The molecule has 1 N–H and O–H groups in total. The van der Waals surface area contributed by atoms with Crippen molar-refractivity contribution in [2.75, 3.05) is 7.11 Å². The van der Waals surface area contributed by atoms with Gasteiger partial charge >= 0.3 is 0 Å². The van der Waals surface area contributed by atoms with Crippen LogP contribution in [0.15, 0.2) is 53.3 Å². The van der Waals surface area contributed by atoms with Crippen LogP contribution in [0.4, 0.5) is 0 Å². The van der Waals surface area contributed by atoms with Crippen LogP contribution in [0.3, 0.4) is 0 Å². The maximum atomic E-state index is 13.6. The molecule has 0 bridgehead atoms. The Bertz CT molecular complexity index is 1440. The van der Waals surface area contributed by atoms with E-state index >= 15 is 0 Å². The third-order valence-corrected chi connectivity index (χ3v) is 7.61. The summed E-state index contributed by atoms with van der Waals surface area (Å²) in [6.45, 7) is 4.04. The highest BCUT2D eigenvalue weighted by molar-refractivity contribution is 6.30. The fourth-order valence-electron chi connectivity index (χ4n) is 5.50. The van der Waals surface area contributed by atoms with Crippen LogP contribution in [0.2, 0.25) is 5.02 Å². The van der Waals surface area contributed by atoms with E-state index in [1.807, 2.05) is 25.1 Å². The smallest absolute Gasteiger partial charge is 0.266 e. The molecule has 0 aliphatic heterocycles. The van der Waals surface area contributed by atoms with Gasteiger partial charge in [0.2, 0.25) is 0 Å². The second-order valence-electron chi connectivity index (χ2n) is 9.46. The fourth-order valence-corrected chi connectivity index (χ4v) is 5.62. The van der Waals surface area contributed by atoms with Crippen molar-refractivity contribution in [1.82, 2.24) is 14.3 Å². The van der Waals surface area contributed by atoms with E-state index in [-0.39, 0.29) is 23.4 Å². The van der Waals surface area contributed by atoms with E-state index < -0.39 is 0 Å². The number of carbonyl (C=O) groups is 1. The Morgan fingerprint density at radius 1 is 1.09 bits per heavy atom. The monoisotopic (exact) mass is 491 g/mol. The van der Waals surface area contributed by atoms with Crippen molar-refractivity contribution in [2.24, 2.45) is 0 Å². The molecule has 1 unspecified atom stereocenters. The topological polar surface area (TPSA) is 69.0 Å². The van der Waals surface area contributed by atoms with E-state index in [9.17, 15) is 9.59 Å². The SMILES string of the molecule is COc1ccc2c(c1)c(C(C)c1cc(=O)n(C3CCCCC3)[nH]1)c(C)n2C(=O)c1ccc(Cl)cc1. The summed E-state index contributed by atoms with van der Waals surface area (Å²) in [5.41, 5.74) is 4.06. The van der Waals surface area contributed by atoms with E-state index in [0.29, 0.717) is 10.6 Å². The van der Waals surface area contributed by atoms with Gasteiger partial charge in [-0.2, -0.15) is 0 Å². The van der Waals surface area contributed by atoms with Gasteiger partial charge in [-0.15, -0.1) is 0 Å². The molecule has 7 heteroatoms. The largest absolute Gasteiger partial charge is 0.497 e. The van der Waals surface area contributed by atoms with Gasteiger partial charge in [-0.25, -0.2) is 4.68 Å². The van der Waals surface area contributed by atoms with Crippen molar-refractivity contribution in [3.63, 3.8) is 0 Å². The van der Waals surface area contributed by atoms with Gasteiger partial charge in [-0.1, -0.05) is 37.8 Å². The highest BCUT2D eigenvalue weighted by Gasteiger charge is 2.26. The average molecular weight is 492 g/mol. The Labute approximate surface area is 209 Å². The number of H-pyrrole nitrogens is 1. The zero-order valence-electron chi connectivity index (χ0n) is 20.3. The summed E-state index contributed by atoms with van der Waals surface area (Å²) in [5.74, 6) is 0.470. The number of hydrogen-bond donors (Lipinski definition) is 1. The Hall–Kier alpha value is -3.25. The standard InChI is InChI=1S/C28H30ClN3O3/c1-17(24-16-26(33)32(30-24)21-7-5-4-6-8-21)27-18(2)31(25-14-13-22(35-3)15-23(25)27)28(34)19-9-11-20(29)12-10-19/h9-17,21,30H,4-8H2,1-3H3. The number of carbonyl (C=O) groups excluding carboxylic acids is 1. The molecule has 182 valence electrons. The molecule has 0 amide bonds. The van der Waals surface area contributed by atoms with Crippen LogP contribution in [-0.2, 0) is 0 Å². The zero-order valence-corrected chi connectivity index (χ0v) is 21.1. The molecule has 1 aliphatic rings. The highest BCUT2D eigenvalue weighted by atomic mass is 35.5. The van der Waals surface area contributed by atoms with Crippen LogP contribution >= 0.6 is 11.6 Å². The Morgan fingerprint density at radius 3 is 2.49 bits per heavy atom. The average Bonchev–Trinajstić information content (AvgIpc) is 3.40. The molecule has 0 spiro atoms. The minimum Gasteiger partial charge on any atom is -0.497 e. The van der Waals surface area contributed by atoms with Crippen molar-refractivity contribution < 1.29 is 9.53 Å². The van der Waals surface area contributed by atoms with Crippen LogP contribution in [0, 0.1) is 6.92 Å². The highest BCUT2D eigenvalue weighted by Crippen LogP contribution is 2.37. The Morgan fingerprint density at radius 2 is 1.80 bits per heavy atom. The molecule has 1 aliphatic carbocycles. The molecular formula is C28H30ClN3O3. The minimum absolute atomic E-state index is 0.00922. The molecule has 2 heterocycles. The number of methoxy groups -OCH3 is 1. The van der Waals surface area contributed by atoms with Gasteiger partial charge in [0.25, 0.3) is 11.5 Å². The van der Waals surface area contributed by atoms with Crippen molar-refractivity contribution >= 4 is 28.4 Å². The molecule has 5 rings (SSSR count). The van der Waals surface area contributed by atoms with Gasteiger partial charge in [0.1, 0.15) is 5.75 Å². The van der Waals surface area contributed by atoms with Gasteiger partial charge in [-0.3, -0.25) is 19.3 Å². The number of benzene rings is 2. The summed E-state index contributed by atoms with van der Waals surface area (Å²) in [7, 11) is 1.63. The van der Waals surface area contributed by atoms with Crippen LogP contribution in [0.1, 0.15) is 78.3 Å². The van der Waals surface area contributed by atoms with Gasteiger partial charge in [0, 0.05) is 39.3 Å². The number of aromatic amines is 1. The number of halogens is 1. The lowest BCUT2D eigenvalue weighted by Crippen LogP contribution is -2.23. The molecule has 1 atom stereocenters. The second kappa shape index (κ2) is 9.42. The molecule has 2 aromatic carbocycles. The Kier molecular flexibility index (Phi) is 6.32. The van der Waals surface area contributed by atoms with E-state index in [2.05, 4.69) is 12.0 Å². The number of aromatic nitrogens is 3. The molecule has 6 nitrogen and oxygen atoms in total. The third kappa shape index (κ3) is 4.20. The summed E-state index contributed by atoms with van der Waals surface area (Å²) >= 11 is 6.04. The fraction of sp³-hybridized carbons (Fsp3) is 0.357. The van der Waals surface area contributed by atoms with Crippen LogP contribution in [-0.4, -0.2) is 27.4 Å². The maximum Gasteiger partial charge on any atom is 0.266 e. The van der Waals surface area contributed by atoms with Crippen LogP contribution in [0.5, 0.6) is 5.75 Å². The predicted octanol–water partition coefficient (Wildman–Crippen LogP) is 6.45. The molecule has 2 aromatic heterocycles. The number of fused-ring (bicyclic) bond motifs is 1. The summed E-state index contributed by atoms with van der Waals surface area (Å²) < 4.78 is 9.06. The van der Waals surface area contributed by atoms with E-state index in [1.165, 1.54) is 6.42 Å². The lowest BCUT2D eigenvalue weighted by molar-refractivity contribution is 0.0963. The summed E-state index contributed by atoms with van der Waals surface area (Å²) in [6.07, 6.45) is 5.59. The van der Waals surface area contributed by atoms with E-state index in [4.69, 9.17) is 16.3 Å². The summed E-state index contributed by atoms with van der Waals surface area (Å²) in [5, 5.41) is 4.93. The molecule has 35 heavy (non-hydrogen) atoms. The van der Waals surface area contributed by atoms with Crippen LogP contribution < -0.4 is 10.3 Å². The predicted molar refractivity (Wildman–Crippen MR) is 139 cm³/mol. The summed E-state index contributed by atoms with van der Waals surface area (Å²) in [4.78, 5) is 26.5.